The van der Waals surface area contributed by atoms with Gasteiger partial charge in [0.25, 0.3) is 0 Å². The van der Waals surface area contributed by atoms with Crippen molar-refractivity contribution in [1.82, 2.24) is 9.97 Å². The Balaban J connectivity index is 1.94. The first kappa shape index (κ1) is 13.5. The first-order chi connectivity index (χ1) is 11.4. The maximum atomic E-state index is 11.7. The summed E-state index contributed by atoms with van der Waals surface area (Å²) in [6.45, 7) is 0. The van der Waals surface area contributed by atoms with Crippen molar-refractivity contribution in [2.75, 3.05) is 0 Å². The summed E-state index contributed by atoms with van der Waals surface area (Å²) >= 11 is 0. The third-order valence-corrected chi connectivity index (χ3v) is 3.98. The first-order valence-corrected chi connectivity index (χ1v) is 7.44. The van der Waals surface area contributed by atoms with Crippen LogP contribution in [0.25, 0.3) is 33.4 Å². The minimum atomic E-state index is 0.650. The van der Waals surface area contributed by atoms with Gasteiger partial charge in [-0.25, -0.2) is 0 Å². The second-order valence-corrected chi connectivity index (χ2v) is 5.37. The van der Waals surface area contributed by atoms with E-state index in [-0.39, 0.29) is 0 Å². The van der Waals surface area contributed by atoms with Crippen LogP contribution in [0, 0.1) is 0 Å². The molecular formula is C20H14N2O. The second kappa shape index (κ2) is 5.54. The topological polar surface area (TPSA) is 45.8 Å². The van der Waals surface area contributed by atoms with Gasteiger partial charge in [0.1, 0.15) is 0 Å². The number of carbonyl (C=O) groups excluding carboxylic acids is 1. The molecule has 4 aromatic rings. The van der Waals surface area contributed by atoms with Crippen molar-refractivity contribution < 1.29 is 4.79 Å². The number of aromatic amines is 1. The molecule has 110 valence electrons. The summed E-state index contributed by atoms with van der Waals surface area (Å²) in [7, 11) is 0. The van der Waals surface area contributed by atoms with E-state index in [1.807, 2.05) is 42.5 Å². The third kappa shape index (κ3) is 2.32. The fourth-order valence-corrected chi connectivity index (χ4v) is 2.86. The molecule has 0 aliphatic carbocycles. The van der Waals surface area contributed by atoms with E-state index in [0.717, 1.165) is 39.7 Å². The molecule has 4 rings (SSSR count). The van der Waals surface area contributed by atoms with Crippen molar-refractivity contribution in [3.05, 3.63) is 78.5 Å². The van der Waals surface area contributed by atoms with Crippen molar-refractivity contribution >= 4 is 17.2 Å². The molecule has 0 spiro atoms. The molecule has 3 nitrogen and oxygen atoms in total. The van der Waals surface area contributed by atoms with Gasteiger partial charge in [-0.15, -0.1) is 0 Å². The lowest BCUT2D eigenvalue weighted by atomic mass is 10.0. The normalized spacial score (nSPS) is 10.8. The highest BCUT2D eigenvalue weighted by atomic mass is 16.1. The highest BCUT2D eigenvalue weighted by molar-refractivity contribution is 6.05. The SMILES string of the molecule is O=Cc1c(-c2ccccn2)[nH]c2ccc(-c3ccccc3)cc12. The van der Waals surface area contributed by atoms with E-state index in [1.165, 1.54) is 0 Å². The van der Waals surface area contributed by atoms with E-state index < -0.39 is 0 Å². The van der Waals surface area contributed by atoms with Crippen molar-refractivity contribution in [1.29, 1.82) is 0 Å². The molecule has 2 aromatic heterocycles. The summed E-state index contributed by atoms with van der Waals surface area (Å²) in [5.41, 5.74) is 5.34. The highest BCUT2D eigenvalue weighted by Gasteiger charge is 2.14. The van der Waals surface area contributed by atoms with E-state index in [1.54, 1.807) is 6.20 Å². The average molecular weight is 298 g/mol. The zero-order chi connectivity index (χ0) is 15.6. The maximum Gasteiger partial charge on any atom is 0.152 e. The lowest BCUT2D eigenvalue weighted by Crippen LogP contribution is -1.87. The Bertz CT molecular complexity index is 973. The van der Waals surface area contributed by atoms with Crippen LogP contribution in [0.2, 0.25) is 0 Å². The molecule has 0 aliphatic rings. The smallest absolute Gasteiger partial charge is 0.152 e. The molecule has 23 heavy (non-hydrogen) atoms. The van der Waals surface area contributed by atoms with Crippen LogP contribution in [0.15, 0.2) is 72.9 Å². The molecule has 3 heteroatoms. The Morgan fingerprint density at radius 2 is 1.70 bits per heavy atom. The second-order valence-electron chi connectivity index (χ2n) is 5.37. The molecule has 1 N–H and O–H groups in total. The number of aldehydes is 1. The molecule has 0 atom stereocenters. The number of aromatic nitrogens is 2. The van der Waals surface area contributed by atoms with Gasteiger partial charge in [-0.1, -0.05) is 42.5 Å². The molecule has 0 radical (unpaired) electrons. The standard InChI is InChI=1S/C20H14N2O/c23-13-17-16-12-15(14-6-2-1-3-7-14)9-10-18(16)22-20(17)19-8-4-5-11-21-19/h1-13,22H. The molecule has 0 saturated carbocycles. The number of carbonyl (C=O) groups is 1. The molecule has 2 heterocycles. The lowest BCUT2D eigenvalue weighted by molar-refractivity contribution is 0.112. The fraction of sp³-hybridized carbons (Fsp3) is 0. The number of hydrogen-bond acceptors (Lipinski definition) is 2. The Morgan fingerprint density at radius 1 is 0.870 bits per heavy atom. The van der Waals surface area contributed by atoms with Gasteiger partial charge in [0.05, 0.1) is 11.4 Å². The van der Waals surface area contributed by atoms with Crippen LogP contribution in [0.5, 0.6) is 0 Å². The highest BCUT2D eigenvalue weighted by Crippen LogP contribution is 2.31. The number of nitrogens with zero attached hydrogens (tertiary/aromatic N) is 1. The van der Waals surface area contributed by atoms with Crippen LogP contribution < -0.4 is 0 Å². The Labute approximate surface area is 133 Å². The number of fused-ring (bicyclic) bond motifs is 1. The predicted octanol–water partition coefficient (Wildman–Crippen LogP) is 4.71. The minimum absolute atomic E-state index is 0.650. The summed E-state index contributed by atoms with van der Waals surface area (Å²) in [6.07, 6.45) is 2.63. The van der Waals surface area contributed by atoms with E-state index >= 15 is 0 Å². The Morgan fingerprint density at radius 3 is 2.43 bits per heavy atom. The summed E-state index contributed by atoms with van der Waals surface area (Å²) in [6, 6.07) is 21.9. The van der Waals surface area contributed by atoms with E-state index in [0.29, 0.717) is 5.56 Å². The summed E-state index contributed by atoms with van der Waals surface area (Å²) in [4.78, 5) is 19.3. The van der Waals surface area contributed by atoms with Gasteiger partial charge in [0.15, 0.2) is 6.29 Å². The van der Waals surface area contributed by atoms with Crippen LogP contribution in [0.1, 0.15) is 10.4 Å². The van der Waals surface area contributed by atoms with Crippen LogP contribution in [0.3, 0.4) is 0 Å². The lowest BCUT2D eigenvalue weighted by Gasteiger charge is -2.01. The summed E-state index contributed by atoms with van der Waals surface area (Å²) < 4.78 is 0. The largest absolute Gasteiger partial charge is 0.353 e. The molecule has 2 aromatic carbocycles. The van der Waals surface area contributed by atoms with Gasteiger partial charge in [0.2, 0.25) is 0 Å². The number of benzene rings is 2. The Kier molecular flexibility index (Phi) is 3.24. The van der Waals surface area contributed by atoms with Crippen molar-refractivity contribution in [2.24, 2.45) is 0 Å². The Hall–Kier alpha value is -3.20. The van der Waals surface area contributed by atoms with Crippen molar-refractivity contribution in [3.63, 3.8) is 0 Å². The van der Waals surface area contributed by atoms with Crippen LogP contribution in [-0.2, 0) is 0 Å². The molecule has 0 bridgehead atoms. The molecule has 0 amide bonds. The van der Waals surface area contributed by atoms with Crippen molar-refractivity contribution in [2.45, 2.75) is 0 Å². The quantitative estimate of drug-likeness (QED) is 0.557. The number of rotatable bonds is 3. The van der Waals surface area contributed by atoms with Gasteiger partial charge in [-0.3, -0.25) is 9.78 Å². The molecular weight excluding hydrogens is 284 g/mol. The van der Waals surface area contributed by atoms with Gasteiger partial charge in [0, 0.05) is 22.7 Å². The zero-order valence-corrected chi connectivity index (χ0v) is 12.4. The van der Waals surface area contributed by atoms with Crippen LogP contribution in [-0.4, -0.2) is 16.3 Å². The van der Waals surface area contributed by atoms with Gasteiger partial charge in [-0.2, -0.15) is 0 Å². The van der Waals surface area contributed by atoms with E-state index in [2.05, 4.69) is 34.2 Å². The number of H-pyrrole nitrogens is 1. The first-order valence-electron chi connectivity index (χ1n) is 7.44. The third-order valence-electron chi connectivity index (χ3n) is 3.98. The average Bonchev–Trinajstić information content (AvgIpc) is 3.01. The van der Waals surface area contributed by atoms with Crippen LogP contribution in [0.4, 0.5) is 0 Å². The van der Waals surface area contributed by atoms with Gasteiger partial charge >= 0.3 is 0 Å². The van der Waals surface area contributed by atoms with E-state index in [9.17, 15) is 4.79 Å². The van der Waals surface area contributed by atoms with Gasteiger partial charge in [-0.05, 0) is 35.4 Å². The molecule has 0 aliphatic heterocycles. The number of pyridine rings is 1. The summed E-state index contributed by atoms with van der Waals surface area (Å²) in [5, 5.41) is 0.919. The minimum Gasteiger partial charge on any atom is -0.353 e. The zero-order valence-electron chi connectivity index (χ0n) is 12.4. The van der Waals surface area contributed by atoms with E-state index in [4.69, 9.17) is 0 Å². The maximum absolute atomic E-state index is 11.7. The number of nitrogens with one attached hydrogen (secondary N) is 1. The van der Waals surface area contributed by atoms with Crippen LogP contribution >= 0.6 is 0 Å². The summed E-state index contributed by atoms with van der Waals surface area (Å²) in [5.74, 6) is 0. The fourth-order valence-electron chi connectivity index (χ4n) is 2.86. The predicted molar refractivity (Wildman–Crippen MR) is 92.4 cm³/mol. The monoisotopic (exact) mass is 298 g/mol. The van der Waals surface area contributed by atoms with Gasteiger partial charge < -0.3 is 4.98 Å². The van der Waals surface area contributed by atoms with Crippen molar-refractivity contribution in [3.8, 4) is 22.5 Å². The molecule has 0 saturated heterocycles. The molecule has 0 unspecified atom stereocenters. The number of hydrogen-bond donors (Lipinski definition) is 1. The molecule has 0 fully saturated rings.